The molecule has 2 aromatic carbocycles. The molecule has 3 atom stereocenters. The zero-order chi connectivity index (χ0) is 23.9. The first-order chi connectivity index (χ1) is 17.1. The molecule has 4 heterocycles. The molecular weight excluding hydrogens is 447 g/mol. The third-order valence-electron chi connectivity index (χ3n) is 7.46. The number of ether oxygens (including phenoxy) is 2. The van der Waals surface area contributed by atoms with E-state index in [1.807, 2.05) is 30.3 Å². The van der Waals surface area contributed by atoms with Gasteiger partial charge in [0, 0.05) is 48.9 Å². The lowest BCUT2D eigenvalue weighted by molar-refractivity contribution is -0.127. The molecule has 6 rings (SSSR count). The number of nitrogens with zero attached hydrogens (tertiary/aromatic N) is 2. The van der Waals surface area contributed by atoms with Crippen LogP contribution in [0.2, 0.25) is 0 Å². The number of hydrogen-bond acceptors (Lipinski definition) is 6. The van der Waals surface area contributed by atoms with Crippen LogP contribution < -0.4 is 25.0 Å². The SMILES string of the molecule is COc1cc2nc(-c3ccc(OC4CCNC4)cc3)cc(N3C[C@@H]4CCNC(=O)[C@@H]4C3)c2cc1F. The first kappa shape index (κ1) is 22.1. The number of rotatable bonds is 5. The number of methoxy groups -OCH3 is 1. The number of piperidine rings is 1. The van der Waals surface area contributed by atoms with E-state index in [0.717, 1.165) is 60.6 Å². The molecule has 7 nitrogen and oxygen atoms in total. The molecule has 3 aliphatic rings. The van der Waals surface area contributed by atoms with Crippen LogP contribution in [-0.2, 0) is 4.79 Å². The molecule has 1 amide bonds. The zero-order valence-corrected chi connectivity index (χ0v) is 19.7. The van der Waals surface area contributed by atoms with Crippen LogP contribution in [0, 0.1) is 17.7 Å². The minimum Gasteiger partial charge on any atom is -0.494 e. The van der Waals surface area contributed by atoms with Crippen molar-refractivity contribution in [2.75, 3.05) is 44.7 Å². The van der Waals surface area contributed by atoms with Crippen molar-refractivity contribution in [2.24, 2.45) is 11.8 Å². The largest absolute Gasteiger partial charge is 0.494 e. The molecule has 3 aliphatic heterocycles. The second kappa shape index (κ2) is 9.00. The number of carbonyl (C=O) groups excluding carboxylic acids is 1. The van der Waals surface area contributed by atoms with Crippen LogP contribution in [0.15, 0.2) is 42.5 Å². The van der Waals surface area contributed by atoms with E-state index in [4.69, 9.17) is 14.5 Å². The summed E-state index contributed by atoms with van der Waals surface area (Å²) >= 11 is 0. The molecule has 0 radical (unpaired) electrons. The summed E-state index contributed by atoms with van der Waals surface area (Å²) in [4.78, 5) is 19.5. The third kappa shape index (κ3) is 4.16. The number of hydrogen-bond donors (Lipinski definition) is 2. The highest BCUT2D eigenvalue weighted by Gasteiger charge is 2.40. The Kier molecular flexibility index (Phi) is 5.68. The van der Waals surface area contributed by atoms with Crippen LogP contribution in [0.5, 0.6) is 11.5 Å². The second-order valence-electron chi connectivity index (χ2n) is 9.64. The first-order valence-electron chi connectivity index (χ1n) is 12.3. The lowest BCUT2D eigenvalue weighted by Gasteiger charge is -2.23. The maximum absolute atomic E-state index is 14.7. The monoisotopic (exact) mass is 476 g/mol. The smallest absolute Gasteiger partial charge is 0.225 e. The van der Waals surface area contributed by atoms with Gasteiger partial charge in [-0.15, -0.1) is 0 Å². The van der Waals surface area contributed by atoms with Gasteiger partial charge in [0.25, 0.3) is 0 Å². The Morgan fingerprint density at radius 1 is 1.09 bits per heavy atom. The lowest BCUT2D eigenvalue weighted by atomic mass is 9.89. The molecule has 0 bridgehead atoms. The van der Waals surface area contributed by atoms with Crippen molar-refractivity contribution in [1.29, 1.82) is 0 Å². The van der Waals surface area contributed by atoms with Crippen molar-refractivity contribution in [3.8, 4) is 22.8 Å². The molecule has 35 heavy (non-hydrogen) atoms. The zero-order valence-electron chi connectivity index (χ0n) is 19.7. The molecule has 0 aliphatic carbocycles. The van der Waals surface area contributed by atoms with Gasteiger partial charge in [-0.05, 0) is 61.7 Å². The highest BCUT2D eigenvalue weighted by atomic mass is 19.1. The minimum absolute atomic E-state index is 0.0416. The Hall–Kier alpha value is -3.39. The van der Waals surface area contributed by atoms with E-state index in [-0.39, 0.29) is 23.7 Å². The van der Waals surface area contributed by atoms with Crippen molar-refractivity contribution >= 4 is 22.5 Å². The molecule has 182 valence electrons. The van der Waals surface area contributed by atoms with Crippen LogP contribution >= 0.6 is 0 Å². The number of benzene rings is 2. The molecule has 3 fully saturated rings. The van der Waals surface area contributed by atoms with Crippen LogP contribution in [0.3, 0.4) is 0 Å². The van der Waals surface area contributed by atoms with Gasteiger partial charge in [-0.25, -0.2) is 9.37 Å². The van der Waals surface area contributed by atoms with Crippen LogP contribution in [0.25, 0.3) is 22.2 Å². The topological polar surface area (TPSA) is 75.7 Å². The van der Waals surface area contributed by atoms with Gasteiger partial charge < -0.3 is 25.0 Å². The average molecular weight is 477 g/mol. The Balaban J connectivity index is 1.38. The molecule has 1 unspecified atom stereocenters. The van der Waals surface area contributed by atoms with Gasteiger partial charge in [0.05, 0.1) is 24.2 Å². The molecular formula is C27H29FN4O3. The van der Waals surface area contributed by atoms with E-state index < -0.39 is 5.82 Å². The molecule has 0 spiro atoms. The van der Waals surface area contributed by atoms with Crippen LogP contribution in [0.4, 0.5) is 10.1 Å². The summed E-state index contributed by atoms with van der Waals surface area (Å²) in [7, 11) is 1.46. The van der Waals surface area contributed by atoms with Crippen molar-refractivity contribution in [2.45, 2.75) is 18.9 Å². The molecule has 2 N–H and O–H groups in total. The highest BCUT2D eigenvalue weighted by Crippen LogP contribution is 2.39. The molecule has 3 saturated heterocycles. The summed E-state index contributed by atoms with van der Waals surface area (Å²) in [5.41, 5.74) is 3.29. The molecule has 1 aromatic heterocycles. The van der Waals surface area contributed by atoms with Gasteiger partial charge in [-0.2, -0.15) is 0 Å². The fourth-order valence-electron chi connectivity index (χ4n) is 5.57. The van der Waals surface area contributed by atoms with Crippen LogP contribution in [-0.4, -0.2) is 56.8 Å². The van der Waals surface area contributed by atoms with Gasteiger partial charge >= 0.3 is 0 Å². The minimum atomic E-state index is -0.423. The second-order valence-corrected chi connectivity index (χ2v) is 9.64. The standard InChI is InChI=1S/C27H29FN4O3/c1-34-26-12-24-20(10-22(26)28)25(32-14-17-6-9-30-27(33)21(17)15-32)11-23(31-24)16-2-4-18(5-3-16)35-19-7-8-29-13-19/h2-5,10-12,17,19,21,29H,6-9,13-15H2,1H3,(H,30,33)/t17-,19?,21+/m0/s1. The molecule has 3 aromatic rings. The Morgan fingerprint density at radius 2 is 1.94 bits per heavy atom. The molecule has 0 saturated carbocycles. The molecule has 8 heteroatoms. The van der Waals surface area contributed by atoms with E-state index in [0.29, 0.717) is 24.5 Å². The number of pyridine rings is 1. The summed E-state index contributed by atoms with van der Waals surface area (Å²) in [5, 5.41) is 7.02. The van der Waals surface area contributed by atoms with E-state index >= 15 is 0 Å². The number of fused-ring (bicyclic) bond motifs is 2. The van der Waals surface area contributed by atoms with Crippen molar-refractivity contribution in [1.82, 2.24) is 15.6 Å². The summed E-state index contributed by atoms with van der Waals surface area (Å²) in [6.07, 6.45) is 2.17. The Labute approximate surface area is 203 Å². The summed E-state index contributed by atoms with van der Waals surface area (Å²) < 4.78 is 26.0. The van der Waals surface area contributed by atoms with Crippen molar-refractivity contribution < 1.29 is 18.7 Å². The van der Waals surface area contributed by atoms with Crippen molar-refractivity contribution in [3.05, 3.63) is 48.3 Å². The van der Waals surface area contributed by atoms with Crippen molar-refractivity contribution in [3.63, 3.8) is 0 Å². The number of carbonyl (C=O) groups is 1. The lowest BCUT2D eigenvalue weighted by Crippen LogP contribution is -2.41. The van der Waals surface area contributed by atoms with E-state index in [9.17, 15) is 9.18 Å². The first-order valence-corrected chi connectivity index (χ1v) is 12.3. The predicted molar refractivity (Wildman–Crippen MR) is 132 cm³/mol. The summed E-state index contributed by atoms with van der Waals surface area (Å²) in [6.45, 7) is 3.95. The Morgan fingerprint density at radius 3 is 2.69 bits per heavy atom. The highest BCUT2D eigenvalue weighted by molar-refractivity contribution is 5.96. The third-order valence-corrected chi connectivity index (χ3v) is 7.46. The van der Waals surface area contributed by atoms with Gasteiger partial charge in [0.1, 0.15) is 11.9 Å². The van der Waals surface area contributed by atoms with Gasteiger partial charge in [0.15, 0.2) is 11.6 Å². The predicted octanol–water partition coefficient (Wildman–Crippen LogP) is 3.36. The number of anilines is 1. The van der Waals surface area contributed by atoms with Gasteiger partial charge in [-0.1, -0.05) is 0 Å². The van der Waals surface area contributed by atoms with E-state index in [1.165, 1.54) is 13.2 Å². The Bertz CT molecular complexity index is 1260. The number of nitrogens with one attached hydrogen (secondary N) is 2. The number of aromatic nitrogens is 1. The average Bonchev–Trinajstić information content (AvgIpc) is 3.54. The van der Waals surface area contributed by atoms with E-state index in [1.54, 1.807) is 6.07 Å². The fourth-order valence-corrected chi connectivity index (χ4v) is 5.57. The summed E-state index contributed by atoms with van der Waals surface area (Å²) in [5.74, 6) is 0.953. The van der Waals surface area contributed by atoms with E-state index in [2.05, 4.69) is 15.5 Å². The van der Waals surface area contributed by atoms with Gasteiger partial charge in [0.2, 0.25) is 5.91 Å². The maximum atomic E-state index is 14.7. The van der Waals surface area contributed by atoms with Gasteiger partial charge in [-0.3, -0.25) is 4.79 Å². The number of amides is 1. The maximum Gasteiger partial charge on any atom is 0.225 e. The quantitative estimate of drug-likeness (QED) is 0.588. The normalized spacial score (nSPS) is 23.9. The fraction of sp³-hybridized carbons (Fsp3) is 0.407. The summed E-state index contributed by atoms with van der Waals surface area (Å²) in [6, 6.07) is 13.1. The van der Waals surface area contributed by atoms with Crippen LogP contribution in [0.1, 0.15) is 12.8 Å². The number of halogens is 1.